The predicted octanol–water partition coefficient (Wildman–Crippen LogP) is 5.23. The summed E-state index contributed by atoms with van der Waals surface area (Å²) in [5.74, 6) is 0.659. The smallest absolute Gasteiger partial charge is 0.363 e. The molecule has 0 fully saturated rings. The second-order valence-corrected chi connectivity index (χ2v) is 7.05. The number of benzene rings is 3. The van der Waals surface area contributed by atoms with Gasteiger partial charge in [0.2, 0.25) is 5.90 Å². The van der Waals surface area contributed by atoms with Crippen LogP contribution in [0.1, 0.15) is 27.8 Å². The molecule has 4 heteroatoms. The van der Waals surface area contributed by atoms with E-state index in [1.807, 2.05) is 67.6 Å². The molecule has 0 aliphatic carbocycles. The largest absolute Gasteiger partial charge is 0.489 e. The van der Waals surface area contributed by atoms with Crippen molar-refractivity contribution in [3.63, 3.8) is 0 Å². The lowest BCUT2D eigenvalue weighted by Gasteiger charge is -2.07. The summed E-state index contributed by atoms with van der Waals surface area (Å²) in [6.07, 6.45) is 1.72. The summed E-state index contributed by atoms with van der Waals surface area (Å²) in [4.78, 5) is 16.5. The van der Waals surface area contributed by atoms with Crippen molar-refractivity contribution in [3.8, 4) is 5.75 Å². The molecule has 4 rings (SSSR count). The molecule has 1 heterocycles. The third-order valence-electron chi connectivity index (χ3n) is 4.59. The fourth-order valence-corrected chi connectivity index (χ4v) is 3.02. The molecule has 144 valence electrons. The number of aliphatic imine (C=N–C) groups is 1. The summed E-state index contributed by atoms with van der Waals surface area (Å²) >= 11 is 0. The Bertz CT molecular complexity index is 1090. The van der Waals surface area contributed by atoms with E-state index in [9.17, 15) is 4.79 Å². The lowest BCUT2D eigenvalue weighted by molar-refractivity contribution is -0.129. The first-order chi connectivity index (χ1) is 14.1. The Balaban J connectivity index is 1.45. The van der Waals surface area contributed by atoms with Crippen molar-refractivity contribution in [1.82, 2.24) is 0 Å². The molecule has 0 amide bonds. The maximum atomic E-state index is 12.2. The first-order valence-electron chi connectivity index (χ1n) is 9.45. The zero-order valence-corrected chi connectivity index (χ0v) is 16.4. The zero-order chi connectivity index (χ0) is 20.2. The van der Waals surface area contributed by atoms with Crippen LogP contribution >= 0.6 is 0 Å². The highest BCUT2D eigenvalue weighted by Crippen LogP contribution is 2.21. The van der Waals surface area contributed by atoms with E-state index in [1.54, 1.807) is 6.08 Å². The van der Waals surface area contributed by atoms with Crippen LogP contribution in [0.25, 0.3) is 6.08 Å². The van der Waals surface area contributed by atoms with Gasteiger partial charge in [0, 0.05) is 5.56 Å². The quantitative estimate of drug-likeness (QED) is 0.448. The van der Waals surface area contributed by atoms with Gasteiger partial charge in [-0.1, -0.05) is 59.7 Å². The Morgan fingerprint density at radius 3 is 2.41 bits per heavy atom. The molecule has 0 N–H and O–H groups in total. The highest BCUT2D eigenvalue weighted by Gasteiger charge is 2.23. The van der Waals surface area contributed by atoms with Crippen LogP contribution in [0.15, 0.2) is 83.5 Å². The molecule has 3 aromatic carbocycles. The standard InChI is InChI=1S/C25H21NO3/c1-17-6-10-21(11-7-17)24-26-23(25(27)29-24)15-19-8-12-22(13-9-19)28-16-20-5-3-4-18(2)14-20/h3-15H,16H2,1-2H3/b23-15-. The van der Waals surface area contributed by atoms with E-state index in [1.165, 1.54) is 5.56 Å². The van der Waals surface area contributed by atoms with Crippen LogP contribution in [0.4, 0.5) is 0 Å². The van der Waals surface area contributed by atoms with Crippen LogP contribution in [0.5, 0.6) is 5.75 Å². The van der Waals surface area contributed by atoms with E-state index in [-0.39, 0.29) is 5.70 Å². The number of hydrogen-bond acceptors (Lipinski definition) is 4. The van der Waals surface area contributed by atoms with Gasteiger partial charge in [-0.05, 0) is 55.3 Å². The van der Waals surface area contributed by atoms with Gasteiger partial charge in [0.05, 0.1) is 0 Å². The topological polar surface area (TPSA) is 47.9 Å². The number of hydrogen-bond donors (Lipinski definition) is 0. The third-order valence-corrected chi connectivity index (χ3v) is 4.59. The highest BCUT2D eigenvalue weighted by molar-refractivity contribution is 6.12. The van der Waals surface area contributed by atoms with Crippen LogP contribution in [0, 0.1) is 13.8 Å². The van der Waals surface area contributed by atoms with E-state index < -0.39 is 5.97 Å². The highest BCUT2D eigenvalue weighted by atomic mass is 16.6. The average molecular weight is 383 g/mol. The lowest BCUT2D eigenvalue weighted by Crippen LogP contribution is -2.05. The predicted molar refractivity (Wildman–Crippen MR) is 114 cm³/mol. The maximum absolute atomic E-state index is 12.2. The van der Waals surface area contributed by atoms with E-state index in [2.05, 4.69) is 24.0 Å². The molecule has 0 radical (unpaired) electrons. The van der Waals surface area contributed by atoms with Crippen LogP contribution in [-0.4, -0.2) is 11.9 Å². The fourth-order valence-electron chi connectivity index (χ4n) is 3.02. The molecule has 3 aromatic rings. The summed E-state index contributed by atoms with van der Waals surface area (Å²) in [6, 6.07) is 23.5. The minimum absolute atomic E-state index is 0.286. The summed E-state index contributed by atoms with van der Waals surface area (Å²) in [5, 5.41) is 0. The summed E-state index contributed by atoms with van der Waals surface area (Å²) < 4.78 is 11.1. The average Bonchev–Trinajstić information content (AvgIpc) is 3.08. The normalized spacial score (nSPS) is 14.6. The van der Waals surface area contributed by atoms with E-state index in [4.69, 9.17) is 9.47 Å². The fraction of sp³-hybridized carbons (Fsp3) is 0.120. The molecular formula is C25H21NO3. The molecule has 0 aromatic heterocycles. The Labute approximate surface area is 170 Å². The number of rotatable bonds is 5. The second kappa shape index (κ2) is 8.15. The van der Waals surface area contributed by atoms with Crippen LogP contribution in [0.3, 0.4) is 0 Å². The summed E-state index contributed by atoms with van der Waals surface area (Å²) in [6.45, 7) is 4.58. The van der Waals surface area contributed by atoms with E-state index in [0.29, 0.717) is 12.5 Å². The molecule has 0 bridgehead atoms. The van der Waals surface area contributed by atoms with Crippen molar-refractivity contribution in [2.45, 2.75) is 20.5 Å². The molecule has 0 atom stereocenters. The molecule has 29 heavy (non-hydrogen) atoms. The van der Waals surface area contributed by atoms with Gasteiger partial charge in [0.25, 0.3) is 0 Å². The minimum Gasteiger partial charge on any atom is -0.489 e. The molecule has 0 saturated heterocycles. The lowest BCUT2D eigenvalue weighted by atomic mass is 10.1. The van der Waals surface area contributed by atoms with Gasteiger partial charge in [-0.15, -0.1) is 0 Å². The van der Waals surface area contributed by atoms with Gasteiger partial charge in [-0.25, -0.2) is 9.79 Å². The Morgan fingerprint density at radius 2 is 1.69 bits per heavy atom. The number of aryl methyl sites for hydroxylation is 2. The van der Waals surface area contributed by atoms with Crippen LogP contribution in [0.2, 0.25) is 0 Å². The van der Waals surface area contributed by atoms with Crippen molar-refractivity contribution in [2.24, 2.45) is 4.99 Å². The van der Waals surface area contributed by atoms with E-state index in [0.717, 1.165) is 28.0 Å². The van der Waals surface area contributed by atoms with Gasteiger partial charge < -0.3 is 9.47 Å². The Hall–Kier alpha value is -3.66. The SMILES string of the molecule is Cc1ccc(C2=N/C(=C\c3ccc(OCc4cccc(C)c4)cc3)C(=O)O2)cc1. The summed E-state index contributed by atoms with van der Waals surface area (Å²) in [7, 11) is 0. The molecular weight excluding hydrogens is 362 g/mol. The monoisotopic (exact) mass is 383 g/mol. The molecule has 1 aliphatic rings. The molecule has 1 aliphatic heterocycles. The summed E-state index contributed by atoms with van der Waals surface area (Å²) in [5.41, 5.74) is 5.40. The van der Waals surface area contributed by atoms with Crippen LogP contribution in [-0.2, 0) is 16.1 Å². The number of cyclic esters (lactones) is 1. The van der Waals surface area contributed by atoms with Gasteiger partial charge in [0.1, 0.15) is 12.4 Å². The minimum atomic E-state index is -0.444. The number of ether oxygens (including phenoxy) is 2. The maximum Gasteiger partial charge on any atom is 0.363 e. The Kier molecular flexibility index (Phi) is 5.25. The van der Waals surface area contributed by atoms with Gasteiger partial charge in [0.15, 0.2) is 5.70 Å². The van der Waals surface area contributed by atoms with E-state index >= 15 is 0 Å². The van der Waals surface area contributed by atoms with Gasteiger partial charge in [-0.2, -0.15) is 0 Å². The van der Waals surface area contributed by atoms with Crippen molar-refractivity contribution in [2.75, 3.05) is 0 Å². The molecule has 4 nitrogen and oxygen atoms in total. The zero-order valence-electron chi connectivity index (χ0n) is 16.4. The first-order valence-corrected chi connectivity index (χ1v) is 9.45. The molecule has 0 saturated carbocycles. The number of carbonyl (C=O) groups is 1. The third kappa shape index (κ3) is 4.61. The van der Waals surface area contributed by atoms with Crippen molar-refractivity contribution in [1.29, 1.82) is 0 Å². The van der Waals surface area contributed by atoms with Crippen LogP contribution < -0.4 is 4.74 Å². The number of nitrogens with zero attached hydrogens (tertiary/aromatic N) is 1. The van der Waals surface area contributed by atoms with Crippen molar-refractivity contribution >= 4 is 17.9 Å². The first kappa shape index (κ1) is 18.7. The number of esters is 1. The molecule has 0 spiro atoms. The van der Waals surface area contributed by atoms with Crippen molar-refractivity contribution < 1.29 is 14.3 Å². The van der Waals surface area contributed by atoms with Gasteiger partial charge in [-0.3, -0.25) is 0 Å². The van der Waals surface area contributed by atoms with Crippen molar-refractivity contribution in [3.05, 3.63) is 106 Å². The Morgan fingerprint density at radius 1 is 0.931 bits per heavy atom. The molecule has 0 unspecified atom stereocenters. The second-order valence-electron chi connectivity index (χ2n) is 7.05. The number of carbonyl (C=O) groups excluding carboxylic acids is 1. The van der Waals surface area contributed by atoms with Gasteiger partial charge >= 0.3 is 5.97 Å².